The van der Waals surface area contributed by atoms with Crippen LogP contribution in [0.25, 0.3) is 0 Å². The smallest absolute Gasteiger partial charge is 0.326 e. The Hall–Kier alpha value is -3.72. The fourth-order valence-corrected chi connectivity index (χ4v) is 5.33. The molecule has 0 bridgehead atoms. The zero-order chi connectivity index (χ0) is 26.0. The van der Waals surface area contributed by atoms with Gasteiger partial charge in [0.25, 0.3) is 0 Å². The molecule has 0 unspecified atom stereocenters. The molecule has 4 rings (SSSR count). The molecule has 0 aromatic heterocycles. The van der Waals surface area contributed by atoms with Crippen molar-refractivity contribution in [2.45, 2.75) is 38.4 Å². The number of likely N-dealkylation sites (N-methyl/N-ethyl adjacent to an activating group) is 1. The van der Waals surface area contributed by atoms with Gasteiger partial charge in [0.2, 0.25) is 11.8 Å². The molecule has 2 heterocycles. The van der Waals surface area contributed by atoms with Crippen LogP contribution >= 0.6 is 0 Å². The lowest BCUT2D eigenvalue weighted by atomic mass is 9.78. The second kappa shape index (κ2) is 10.1. The predicted molar refractivity (Wildman–Crippen MR) is 134 cm³/mol. The molecule has 2 aromatic rings. The Kier molecular flexibility index (Phi) is 7.12. The second-order valence-electron chi connectivity index (χ2n) is 9.50. The maximum atomic E-state index is 13.6. The van der Waals surface area contributed by atoms with Crippen molar-refractivity contribution in [2.24, 2.45) is 11.8 Å². The minimum atomic E-state index is -1.35. The highest BCUT2D eigenvalue weighted by atomic mass is 16.5. The fraction of sp³-hybridized carbons (Fsp3) is 0.407. The van der Waals surface area contributed by atoms with Gasteiger partial charge in [0.15, 0.2) is 0 Å². The Morgan fingerprint density at radius 2 is 1.75 bits per heavy atom. The average Bonchev–Trinajstić information content (AvgIpc) is 3.34. The SMILES string of the molecule is CC[C@@]1(C(=O)OC)N[C@H](CN(C)C(=O)Nc2ccc(C)cc2)[C@@H]2C(=O)N(Cc3ccccc3)C(=O)[C@@H]21. The number of amides is 4. The summed E-state index contributed by atoms with van der Waals surface area (Å²) in [6, 6.07) is 15.7. The molecule has 9 heteroatoms. The largest absolute Gasteiger partial charge is 0.468 e. The highest BCUT2D eigenvalue weighted by Gasteiger charge is 2.67. The van der Waals surface area contributed by atoms with E-state index in [1.54, 1.807) is 14.0 Å². The molecule has 0 aliphatic carbocycles. The van der Waals surface area contributed by atoms with Gasteiger partial charge in [-0.3, -0.25) is 24.6 Å². The van der Waals surface area contributed by atoms with E-state index in [0.29, 0.717) is 5.69 Å². The third kappa shape index (κ3) is 4.46. The fourth-order valence-electron chi connectivity index (χ4n) is 5.33. The van der Waals surface area contributed by atoms with E-state index < -0.39 is 35.3 Å². The van der Waals surface area contributed by atoms with Crippen LogP contribution in [0.1, 0.15) is 24.5 Å². The normalized spacial score (nSPS) is 25.0. The van der Waals surface area contributed by atoms with Crippen LogP contribution in [-0.2, 0) is 25.7 Å². The molecule has 2 aromatic carbocycles. The van der Waals surface area contributed by atoms with Gasteiger partial charge in [0.1, 0.15) is 5.54 Å². The number of aryl methyl sites for hydroxylation is 1. The van der Waals surface area contributed by atoms with Gasteiger partial charge in [-0.2, -0.15) is 0 Å². The lowest BCUT2D eigenvalue weighted by Gasteiger charge is -2.32. The number of imide groups is 1. The van der Waals surface area contributed by atoms with Crippen LogP contribution in [0.15, 0.2) is 54.6 Å². The summed E-state index contributed by atoms with van der Waals surface area (Å²) >= 11 is 0. The van der Waals surface area contributed by atoms with Crippen molar-refractivity contribution in [1.29, 1.82) is 0 Å². The van der Waals surface area contributed by atoms with E-state index in [2.05, 4.69) is 10.6 Å². The number of methoxy groups -OCH3 is 1. The minimum Gasteiger partial charge on any atom is -0.468 e. The first-order valence-corrected chi connectivity index (χ1v) is 12.1. The molecule has 0 saturated carbocycles. The van der Waals surface area contributed by atoms with Crippen LogP contribution in [0.4, 0.5) is 10.5 Å². The third-order valence-corrected chi connectivity index (χ3v) is 7.26. The molecule has 2 fully saturated rings. The summed E-state index contributed by atoms with van der Waals surface area (Å²) in [5.74, 6) is -3.04. The number of nitrogens with zero attached hydrogens (tertiary/aromatic N) is 2. The summed E-state index contributed by atoms with van der Waals surface area (Å²) in [4.78, 5) is 55.8. The van der Waals surface area contributed by atoms with Crippen LogP contribution in [0, 0.1) is 18.8 Å². The second-order valence-corrected chi connectivity index (χ2v) is 9.50. The van der Waals surface area contributed by atoms with Gasteiger partial charge in [0, 0.05) is 25.3 Å². The topological polar surface area (TPSA) is 108 Å². The van der Waals surface area contributed by atoms with Crippen LogP contribution in [0.5, 0.6) is 0 Å². The van der Waals surface area contributed by atoms with Crippen molar-refractivity contribution in [2.75, 3.05) is 26.0 Å². The Labute approximate surface area is 210 Å². The number of nitrogens with one attached hydrogen (secondary N) is 2. The van der Waals surface area contributed by atoms with Gasteiger partial charge in [-0.15, -0.1) is 0 Å². The van der Waals surface area contributed by atoms with Gasteiger partial charge < -0.3 is 15.0 Å². The number of rotatable bonds is 7. The summed E-state index contributed by atoms with van der Waals surface area (Å²) < 4.78 is 5.09. The molecule has 2 N–H and O–H groups in total. The maximum absolute atomic E-state index is 13.6. The van der Waals surface area contributed by atoms with Gasteiger partial charge in [-0.05, 0) is 31.0 Å². The number of carbonyl (C=O) groups is 4. The van der Waals surface area contributed by atoms with E-state index in [4.69, 9.17) is 4.74 Å². The predicted octanol–water partition coefficient (Wildman–Crippen LogP) is 2.55. The van der Waals surface area contributed by atoms with Crippen LogP contribution in [0.2, 0.25) is 0 Å². The molecular formula is C27H32N4O5. The molecule has 0 radical (unpaired) electrons. The molecule has 2 saturated heterocycles. The highest BCUT2D eigenvalue weighted by Crippen LogP contribution is 2.45. The molecule has 0 spiro atoms. The molecule has 4 atom stereocenters. The Morgan fingerprint density at radius 1 is 1.08 bits per heavy atom. The van der Waals surface area contributed by atoms with Crippen molar-refractivity contribution >= 4 is 29.5 Å². The minimum absolute atomic E-state index is 0.121. The van der Waals surface area contributed by atoms with Crippen molar-refractivity contribution < 1.29 is 23.9 Å². The third-order valence-electron chi connectivity index (χ3n) is 7.26. The summed E-state index contributed by atoms with van der Waals surface area (Å²) in [5, 5.41) is 6.08. The van der Waals surface area contributed by atoms with Gasteiger partial charge >= 0.3 is 12.0 Å². The monoisotopic (exact) mass is 492 g/mol. The lowest BCUT2D eigenvalue weighted by Crippen LogP contribution is -2.58. The Morgan fingerprint density at radius 3 is 2.36 bits per heavy atom. The van der Waals surface area contributed by atoms with Crippen molar-refractivity contribution in [3.63, 3.8) is 0 Å². The number of anilines is 1. The van der Waals surface area contributed by atoms with Crippen LogP contribution < -0.4 is 10.6 Å². The number of carbonyl (C=O) groups excluding carboxylic acids is 4. The quantitative estimate of drug-likeness (QED) is 0.454. The molecular weight excluding hydrogens is 460 g/mol. The Bertz CT molecular complexity index is 1150. The number of likely N-dealkylation sites (tertiary alicyclic amines) is 1. The first-order valence-electron chi connectivity index (χ1n) is 12.1. The van der Waals surface area contributed by atoms with E-state index in [9.17, 15) is 19.2 Å². The first kappa shape index (κ1) is 25.4. The van der Waals surface area contributed by atoms with Crippen molar-refractivity contribution in [3.8, 4) is 0 Å². The molecule has 2 aliphatic rings. The summed E-state index contributed by atoms with van der Waals surface area (Å²) in [7, 11) is 2.89. The van der Waals surface area contributed by atoms with E-state index >= 15 is 0 Å². The number of esters is 1. The zero-order valence-electron chi connectivity index (χ0n) is 21.0. The number of hydrogen-bond acceptors (Lipinski definition) is 6. The number of ether oxygens (including phenoxy) is 1. The number of hydrogen-bond donors (Lipinski definition) is 2. The van der Waals surface area contributed by atoms with Gasteiger partial charge in [-0.25, -0.2) is 4.79 Å². The number of benzene rings is 2. The molecule has 2 aliphatic heterocycles. The van der Waals surface area contributed by atoms with Crippen molar-refractivity contribution in [1.82, 2.24) is 15.1 Å². The average molecular weight is 493 g/mol. The number of urea groups is 1. The van der Waals surface area contributed by atoms with Gasteiger partial charge in [0.05, 0.1) is 25.5 Å². The summed E-state index contributed by atoms with van der Waals surface area (Å²) in [6.07, 6.45) is 0.259. The molecule has 36 heavy (non-hydrogen) atoms. The molecule has 4 amide bonds. The highest BCUT2D eigenvalue weighted by molar-refractivity contribution is 6.09. The van der Waals surface area contributed by atoms with E-state index in [1.807, 2.05) is 61.5 Å². The lowest BCUT2D eigenvalue weighted by molar-refractivity contribution is -0.154. The van der Waals surface area contributed by atoms with E-state index in [1.165, 1.54) is 16.9 Å². The summed E-state index contributed by atoms with van der Waals surface area (Å²) in [5.41, 5.74) is 1.19. The first-order chi connectivity index (χ1) is 17.2. The molecule has 190 valence electrons. The zero-order valence-corrected chi connectivity index (χ0v) is 21.0. The maximum Gasteiger partial charge on any atom is 0.326 e. The van der Waals surface area contributed by atoms with Gasteiger partial charge in [-0.1, -0.05) is 55.0 Å². The van der Waals surface area contributed by atoms with Crippen LogP contribution in [-0.4, -0.2) is 65.9 Å². The van der Waals surface area contributed by atoms with Crippen LogP contribution in [0.3, 0.4) is 0 Å². The Balaban J connectivity index is 1.59. The summed E-state index contributed by atoms with van der Waals surface area (Å²) in [6.45, 7) is 4.00. The number of fused-ring (bicyclic) bond motifs is 1. The molecule has 9 nitrogen and oxygen atoms in total. The van der Waals surface area contributed by atoms with E-state index in [0.717, 1.165) is 11.1 Å². The van der Waals surface area contributed by atoms with Crippen molar-refractivity contribution in [3.05, 3.63) is 65.7 Å². The standard InChI is InChI=1S/C27H32N4O5/c1-5-27(25(34)36-4)22-21(23(32)31(24(22)33)15-18-9-7-6-8-10-18)20(29-27)16-30(3)26(35)28-19-13-11-17(2)12-14-19/h6-14,20-22,29H,5,15-16H2,1-4H3,(H,28,35)/t20-,21+,22-,27-/m1/s1. The van der Waals surface area contributed by atoms with E-state index in [-0.39, 0.29) is 31.4 Å².